The second-order valence-corrected chi connectivity index (χ2v) is 4.79. The standard InChI is InChI=1S/C13H15ClO3S/c1-3-17-13(16)10-4-9(5-11(15)8-14)6-12(7-10)18-2/h4,6-7H,3,5,8H2,1-2H3. The highest BCUT2D eigenvalue weighted by atomic mass is 35.5. The number of ketones is 1. The number of esters is 1. The van der Waals surface area contributed by atoms with E-state index in [1.165, 1.54) is 11.8 Å². The Morgan fingerprint density at radius 1 is 1.33 bits per heavy atom. The summed E-state index contributed by atoms with van der Waals surface area (Å²) in [5.41, 5.74) is 1.26. The summed E-state index contributed by atoms with van der Waals surface area (Å²) in [6.45, 7) is 2.09. The van der Waals surface area contributed by atoms with Gasteiger partial charge < -0.3 is 4.74 Å². The summed E-state index contributed by atoms with van der Waals surface area (Å²) in [6.07, 6.45) is 2.15. The normalized spacial score (nSPS) is 10.2. The van der Waals surface area contributed by atoms with Gasteiger partial charge in [0.05, 0.1) is 18.1 Å². The van der Waals surface area contributed by atoms with Crippen LogP contribution in [0.25, 0.3) is 0 Å². The van der Waals surface area contributed by atoms with Crippen molar-refractivity contribution in [2.45, 2.75) is 18.2 Å². The average Bonchev–Trinajstić information content (AvgIpc) is 2.38. The Morgan fingerprint density at radius 2 is 2.06 bits per heavy atom. The lowest BCUT2D eigenvalue weighted by atomic mass is 10.1. The maximum Gasteiger partial charge on any atom is 0.338 e. The highest BCUT2D eigenvalue weighted by molar-refractivity contribution is 7.98. The third-order valence-corrected chi connectivity index (χ3v) is 3.27. The minimum atomic E-state index is -0.368. The van der Waals surface area contributed by atoms with Gasteiger partial charge in [-0.25, -0.2) is 4.79 Å². The van der Waals surface area contributed by atoms with Crippen molar-refractivity contribution in [2.75, 3.05) is 18.7 Å². The molecule has 0 aliphatic carbocycles. The molecule has 0 heterocycles. The first-order valence-electron chi connectivity index (χ1n) is 5.53. The van der Waals surface area contributed by atoms with Gasteiger partial charge in [0.15, 0.2) is 5.78 Å². The van der Waals surface area contributed by atoms with Gasteiger partial charge in [-0.3, -0.25) is 4.79 Å². The molecule has 18 heavy (non-hydrogen) atoms. The van der Waals surface area contributed by atoms with Crippen LogP contribution < -0.4 is 0 Å². The van der Waals surface area contributed by atoms with E-state index in [-0.39, 0.29) is 24.1 Å². The number of benzene rings is 1. The number of halogens is 1. The van der Waals surface area contributed by atoms with Crippen molar-refractivity contribution in [1.29, 1.82) is 0 Å². The van der Waals surface area contributed by atoms with Gasteiger partial charge in [0, 0.05) is 11.3 Å². The van der Waals surface area contributed by atoms with Crippen LogP contribution in [0, 0.1) is 0 Å². The van der Waals surface area contributed by atoms with E-state index in [0.717, 1.165) is 10.5 Å². The minimum absolute atomic E-state index is 0.0156. The molecule has 3 nitrogen and oxygen atoms in total. The number of hydrogen-bond acceptors (Lipinski definition) is 4. The fraction of sp³-hybridized carbons (Fsp3) is 0.385. The van der Waals surface area contributed by atoms with Gasteiger partial charge in [-0.05, 0) is 36.9 Å². The van der Waals surface area contributed by atoms with E-state index in [0.29, 0.717) is 12.2 Å². The van der Waals surface area contributed by atoms with Gasteiger partial charge in [-0.15, -0.1) is 23.4 Å². The maximum absolute atomic E-state index is 11.7. The molecule has 0 aromatic heterocycles. The Bertz CT molecular complexity index is 446. The smallest absolute Gasteiger partial charge is 0.338 e. The summed E-state index contributed by atoms with van der Waals surface area (Å²) in [7, 11) is 0. The van der Waals surface area contributed by atoms with E-state index < -0.39 is 0 Å². The molecule has 0 amide bonds. The van der Waals surface area contributed by atoms with E-state index in [1.807, 2.05) is 12.3 Å². The molecule has 1 rings (SSSR count). The SMILES string of the molecule is CCOC(=O)c1cc(CC(=O)CCl)cc(SC)c1. The molecule has 0 aliphatic rings. The lowest BCUT2D eigenvalue weighted by Gasteiger charge is -2.07. The summed E-state index contributed by atoms with van der Waals surface area (Å²) in [4.78, 5) is 23.9. The van der Waals surface area contributed by atoms with E-state index in [1.54, 1.807) is 19.1 Å². The second-order valence-electron chi connectivity index (χ2n) is 3.64. The lowest BCUT2D eigenvalue weighted by molar-refractivity contribution is -0.116. The number of Topliss-reactive ketones (excluding diaryl/α,β-unsaturated/α-hetero) is 1. The van der Waals surface area contributed by atoms with Crippen molar-refractivity contribution in [1.82, 2.24) is 0 Å². The van der Waals surface area contributed by atoms with Crippen LogP contribution in [0.3, 0.4) is 0 Å². The maximum atomic E-state index is 11.7. The van der Waals surface area contributed by atoms with Gasteiger partial charge in [0.1, 0.15) is 0 Å². The predicted molar refractivity (Wildman–Crippen MR) is 73.6 cm³/mol. The fourth-order valence-corrected chi connectivity index (χ4v) is 2.10. The van der Waals surface area contributed by atoms with Crippen LogP contribution in [0.1, 0.15) is 22.8 Å². The third kappa shape index (κ3) is 4.35. The Kier molecular flexibility index (Phi) is 6.22. The van der Waals surface area contributed by atoms with E-state index in [9.17, 15) is 9.59 Å². The van der Waals surface area contributed by atoms with Crippen molar-refractivity contribution in [2.24, 2.45) is 0 Å². The summed E-state index contributed by atoms with van der Waals surface area (Å²) in [6, 6.07) is 5.33. The highest BCUT2D eigenvalue weighted by Crippen LogP contribution is 2.20. The van der Waals surface area contributed by atoms with Crippen molar-refractivity contribution in [3.8, 4) is 0 Å². The zero-order chi connectivity index (χ0) is 13.5. The molecule has 1 aromatic carbocycles. The summed E-state index contributed by atoms with van der Waals surface area (Å²) >= 11 is 7.00. The van der Waals surface area contributed by atoms with Crippen LogP contribution in [0.5, 0.6) is 0 Å². The van der Waals surface area contributed by atoms with Gasteiger partial charge in [-0.2, -0.15) is 0 Å². The fourth-order valence-electron chi connectivity index (χ4n) is 1.49. The van der Waals surface area contributed by atoms with Crippen molar-refractivity contribution >= 4 is 35.1 Å². The number of thioether (sulfide) groups is 1. The molecule has 0 fully saturated rings. The molecule has 1 aromatic rings. The van der Waals surface area contributed by atoms with Crippen LogP contribution in [0.15, 0.2) is 23.1 Å². The first kappa shape index (κ1) is 15.1. The zero-order valence-corrected chi connectivity index (χ0v) is 11.9. The van der Waals surface area contributed by atoms with Crippen LogP contribution in [0.2, 0.25) is 0 Å². The molecule has 0 unspecified atom stereocenters. The van der Waals surface area contributed by atoms with Gasteiger partial charge >= 0.3 is 5.97 Å². The Balaban J connectivity index is 3.01. The monoisotopic (exact) mass is 286 g/mol. The van der Waals surface area contributed by atoms with E-state index >= 15 is 0 Å². The molecule has 98 valence electrons. The lowest BCUT2D eigenvalue weighted by Crippen LogP contribution is -2.08. The molecule has 0 bridgehead atoms. The van der Waals surface area contributed by atoms with Crippen LogP contribution in [0.4, 0.5) is 0 Å². The van der Waals surface area contributed by atoms with Crippen LogP contribution >= 0.6 is 23.4 Å². The van der Waals surface area contributed by atoms with Gasteiger partial charge in [-0.1, -0.05) is 0 Å². The largest absolute Gasteiger partial charge is 0.462 e. The first-order valence-corrected chi connectivity index (χ1v) is 7.29. The second kappa shape index (κ2) is 7.44. The summed E-state index contributed by atoms with van der Waals surface area (Å²) < 4.78 is 4.95. The summed E-state index contributed by atoms with van der Waals surface area (Å²) in [5.74, 6) is -0.448. The van der Waals surface area contributed by atoms with Crippen LogP contribution in [-0.4, -0.2) is 30.5 Å². The summed E-state index contributed by atoms with van der Waals surface area (Å²) in [5, 5.41) is 0. The molecule has 0 spiro atoms. The number of hydrogen-bond donors (Lipinski definition) is 0. The van der Waals surface area contributed by atoms with E-state index in [4.69, 9.17) is 16.3 Å². The molecule has 5 heteroatoms. The predicted octanol–water partition coefficient (Wildman–Crippen LogP) is 2.94. The average molecular weight is 287 g/mol. The third-order valence-electron chi connectivity index (χ3n) is 2.26. The zero-order valence-electron chi connectivity index (χ0n) is 10.4. The number of rotatable bonds is 6. The Hall–Kier alpha value is -1.000. The molecule has 0 aliphatic heterocycles. The Morgan fingerprint density at radius 3 is 2.61 bits per heavy atom. The van der Waals surface area contributed by atoms with Gasteiger partial charge in [0.25, 0.3) is 0 Å². The van der Waals surface area contributed by atoms with Crippen molar-refractivity contribution in [3.05, 3.63) is 29.3 Å². The van der Waals surface area contributed by atoms with Crippen molar-refractivity contribution in [3.63, 3.8) is 0 Å². The molecule has 0 radical (unpaired) electrons. The minimum Gasteiger partial charge on any atom is -0.462 e. The van der Waals surface area contributed by atoms with Crippen molar-refractivity contribution < 1.29 is 14.3 Å². The van der Waals surface area contributed by atoms with E-state index in [2.05, 4.69) is 0 Å². The molecule has 0 N–H and O–H groups in total. The topological polar surface area (TPSA) is 43.4 Å². The molecular formula is C13H15ClO3S. The number of carbonyl (C=O) groups is 2. The number of ether oxygens (including phenoxy) is 1. The molecule has 0 saturated carbocycles. The number of carbonyl (C=O) groups excluding carboxylic acids is 2. The first-order chi connectivity index (χ1) is 8.60. The molecule has 0 saturated heterocycles. The molecular weight excluding hydrogens is 272 g/mol. The quantitative estimate of drug-likeness (QED) is 0.458. The van der Waals surface area contributed by atoms with Gasteiger partial charge in [0.2, 0.25) is 0 Å². The number of alkyl halides is 1. The Labute approximate surface area is 116 Å². The van der Waals surface area contributed by atoms with Crippen LogP contribution in [-0.2, 0) is 16.0 Å². The molecule has 0 atom stereocenters. The highest BCUT2D eigenvalue weighted by Gasteiger charge is 2.11.